The third kappa shape index (κ3) is 1.99. The second kappa shape index (κ2) is 4.49. The molecule has 2 aromatic rings. The molecular weight excluding hydrogens is 198 g/mol. The number of aryl methyl sites for hydroxylation is 1. The molecule has 0 aliphatic carbocycles. The Bertz CT molecular complexity index is 468. The van der Waals surface area contributed by atoms with Crippen molar-refractivity contribution in [2.45, 2.75) is 20.4 Å². The van der Waals surface area contributed by atoms with E-state index in [0.29, 0.717) is 6.54 Å². The first-order chi connectivity index (χ1) is 7.72. The van der Waals surface area contributed by atoms with Crippen LogP contribution in [0.4, 0.5) is 0 Å². The SMILES string of the molecule is Cc1ccc(-c2cnn(CCN)c2C)cc1. The Labute approximate surface area is 95.9 Å². The molecule has 0 unspecified atom stereocenters. The maximum Gasteiger partial charge on any atom is 0.0571 e. The van der Waals surface area contributed by atoms with Crippen LogP contribution >= 0.6 is 0 Å². The Balaban J connectivity index is 2.37. The van der Waals surface area contributed by atoms with Gasteiger partial charge in [-0.3, -0.25) is 4.68 Å². The van der Waals surface area contributed by atoms with Crippen molar-refractivity contribution in [3.63, 3.8) is 0 Å². The summed E-state index contributed by atoms with van der Waals surface area (Å²) >= 11 is 0. The van der Waals surface area contributed by atoms with E-state index < -0.39 is 0 Å². The van der Waals surface area contributed by atoms with E-state index in [1.165, 1.54) is 22.4 Å². The van der Waals surface area contributed by atoms with Crippen molar-refractivity contribution >= 4 is 0 Å². The standard InChI is InChI=1S/C13H17N3/c1-10-3-5-12(6-4-10)13-9-15-16(8-7-14)11(13)2/h3-6,9H,7-8,14H2,1-2H3. The molecule has 1 heterocycles. The first-order valence-corrected chi connectivity index (χ1v) is 5.52. The zero-order chi connectivity index (χ0) is 11.5. The first-order valence-electron chi connectivity index (χ1n) is 5.52. The Morgan fingerprint density at radius 1 is 1.19 bits per heavy atom. The quantitative estimate of drug-likeness (QED) is 0.852. The van der Waals surface area contributed by atoms with Crippen LogP contribution in [0, 0.1) is 13.8 Å². The molecule has 2 rings (SSSR count). The fraction of sp³-hybridized carbons (Fsp3) is 0.308. The lowest BCUT2D eigenvalue weighted by Crippen LogP contribution is -2.12. The van der Waals surface area contributed by atoms with Gasteiger partial charge in [0, 0.05) is 17.8 Å². The number of hydrogen-bond donors (Lipinski definition) is 1. The minimum atomic E-state index is 0.621. The van der Waals surface area contributed by atoms with Gasteiger partial charge in [-0.05, 0) is 19.4 Å². The van der Waals surface area contributed by atoms with Gasteiger partial charge in [0.1, 0.15) is 0 Å². The Hall–Kier alpha value is -1.61. The van der Waals surface area contributed by atoms with E-state index >= 15 is 0 Å². The maximum atomic E-state index is 5.54. The molecule has 0 fully saturated rings. The van der Waals surface area contributed by atoms with Crippen LogP contribution in [0.3, 0.4) is 0 Å². The lowest BCUT2D eigenvalue weighted by molar-refractivity contribution is 0.608. The maximum absolute atomic E-state index is 5.54. The summed E-state index contributed by atoms with van der Waals surface area (Å²) in [7, 11) is 0. The molecule has 0 aliphatic heterocycles. The van der Waals surface area contributed by atoms with Gasteiger partial charge in [-0.2, -0.15) is 5.10 Å². The zero-order valence-electron chi connectivity index (χ0n) is 9.77. The summed E-state index contributed by atoms with van der Waals surface area (Å²) < 4.78 is 1.95. The van der Waals surface area contributed by atoms with Gasteiger partial charge in [-0.15, -0.1) is 0 Å². The molecule has 84 valence electrons. The van der Waals surface area contributed by atoms with E-state index in [4.69, 9.17) is 5.73 Å². The summed E-state index contributed by atoms with van der Waals surface area (Å²) in [6.07, 6.45) is 1.91. The van der Waals surface area contributed by atoms with E-state index in [-0.39, 0.29) is 0 Å². The van der Waals surface area contributed by atoms with Crippen molar-refractivity contribution in [1.82, 2.24) is 9.78 Å². The summed E-state index contributed by atoms with van der Waals surface area (Å²) in [6, 6.07) is 8.50. The molecule has 0 saturated carbocycles. The molecule has 2 N–H and O–H groups in total. The van der Waals surface area contributed by atoms with Gasteiger partial charge in [0.2, 0.25) is 0 Å². The summed E-state index contributed by atoms with van der Waals surface area (Å²) in [5, 5.41) is 4.34. The molecule has 0 saturated heterocycles. The predicted molar refractivity (Wildman–Crippen MR) is 66.2 cm³/mol. The number of nitrogens with two attached hydrogens (primary N) is 1. The fourth-order valence-corrected chi connectivity index (χ4v) is 1.81. The largest absolute Gasteiger partial charge is 0.329 e. The van der Waals surface area contributed by atoms with Crippen molar-refractivity contribution in [1.29, 1.82) is 0 Å². The van der Waals surface area contributed by atoms with Crippen LogP contribution < -0.4 is 5.73 Å². The molecule has 16 heavy (non-hydrogen) atoms. The molecule has 3 nitrogen and oxygen atoms in total. The van der Waals surface area contributed by atoms with Crippen molar-refractivity contribution < 1.29 is 0 Å². The van der Waals surface area contributed by atoms with Gasteiger partial charge in [0.15, 0.2) is 0 Å². The highest BCUT2D eigenvalue weighted by molar-refractivity contribution is 5.65. The highest BCUT2D eigenvalue weighted by Crippen LogP contribution is 2.23. The van der Waals surface area contributed by atoms with Crippen molar-refractivity contribution in [3.8, 4) is 11.1 Å². The van der Waals surface area contributed by atoms with Gasteiger partial charge >= 0.3 is 0 Å². The third-order valence-electron chi connectivity index (χ3n) is 2.81. The molecule has 0 aliphatic rings. The number of hydrogen-bond acceptors (Lipinski definition) is 2. The number of nitrogens with zero attached hydrogens (tertiary/aromatic N) is 2. The highest BCUT2D eigenvalue weighted by Gasteiger charge is 2.07. The zero-order valence-corrected chi connectivity index (χ0v) is 9.77. The second-order valence-electron chi connectivity index (χ2n) is 4.02. The van der Waals surface area contributed by atoms with Gasteiger partial charge in [0.25, 0.3) is 0 Å². The average molecular weight is 215 g/mol. The minimum absolute atomic E-state index is 0.621. The van der Waals surface area contributed by atoms with E-state index in [1.54, 1.807) is 0 Å². The van der Waals surface area contributed by atoms with Crippen LogP contribution in [0.15, 0.2) is 30.5 Å². The summed E-state index contributed by atoms with van der Waals surface area (Å²) in [5.74, 6) is 0. The Morgan fingerprint density at radius 2 is 1.88 bits per heavy atom. The number of rotatable bonds is 3. The van der Waals surface area contributed by atoms with Gasteiger partial charge < -0.3 is 5.73 Å². The summed E-state index contributed by atoms with van der Waals surface area (Å²) in [5.41, 5.74) is 10.4. The average Bonchev–Trinajstić information content (AvgIpc) is 2.63. The molecule has 0 amide bonds. The minimum Gasteiger partial charge on any atom is -0.329 e. The van der Waals surface area contributed by atoms with E-state index in [2.05, 4.69) is 43.2 Å². The highest BCUT2D eigenvalue weighted by atomic mass is 15.3. The predicted octanol–water partition coefficient (Wildman–Crippen LogP) is 2.13. The smallest absolute Gasteiger partial charge is 0.0571 e. The molecular formula is C13H17N3. The molecule has 1 aromatic heterocycles. The van der Waals surface area contributed by atoms with Gasteiger partial charge in [-0.1, -0.05) is 29.8 Å². The fourth-order valence-electron chi connectivity index (χ4n) is 1.81. The van der Waals surface area contributed by atoms with Crippen molar-refractivity contribution in [2.75, 3.05) is 6.54 Å². The molecule has 1 aromatic carbocycles. The molecule has 0 bridgehead atoms. The van der Waals surface area contributed by atoms with E-state index in [1.807, 2.05) is 10.9 Å². The number of benzene rings is 1. The van der Waals surface area contributed by atoms with Gasteiger partial charge in [-0.25, -0.2) is 0 Å². The molecule has 3 heteroatoms. The van der Waals surface area contributed by atoms with Crippen LogP contribution in [0.25, 0.3) is 11.1 Å². The lowest BCUT2D eigenvalue weighted by Gasteiger charge is -2.04. The summed E-state index contributed by atoms with van der Waals surface area (Å²) in [4.78, 5) is 0. The monoisotopic (exact) mass is 215 g/mol. The summed E-state index contributed by atoms with van der Waals surface area (Å²) in [6.45, 7) is 5.57. The lowest BCUT2D eigenvalue weighted by atomic mass is 10.1. The van der Waals surface area contributed by atoms with Crippen molar-refractivity contribution in [2.24, 2.45) is 5.73 Å². The van der Waals surface area contributed by atoms with Crippen LogP contribution in [0.1, 0.15) is 11.3 Å². The normalized spacial score (nSPS) is 10.7. The van der Waals surface area contributed by atoms with Crippen LogP contribution in [-0.2, 0) is 6.54 Å². The first kappa shape index (κ1) is 10.9. The molecule has 0 atom stereocenters. The van der Waals surface area contributed by atoms with Crippen LogP contribution in [-0.4, -0.2) is 16.3 Å². The van der Waals surface area contributed by atoms with Crippen molar-refractivity contribution in [3.05, 3.63) is 41.7 Å². The Kier molecular flexibility index (Phi) is 3.06. The molecule has 0 spiro atoms. The molecule has 0 radical (unpaired) electrons. The Morgan fingerprint density at radius 3 is 2.50 bits per heavy atom. The van der Waals surface area contributed by atoms with E-state index in [9.17, 15) is 0 Å². The van der Waals surface area contributed by atoms with Gasteiger partial charge in [0.05, 0.1) is 12.7 Å². The van der Waals surface area contributed by atoms with Crippen LogP contribution in [0.2, 0.25) is 0 Å². The second-order valence-corrected chi connectivity index (χ2v) is 4.02. The van der Waals surface area contributed by atoms with E-state index in [0.717, 1.165) is 6.54 Å². The third-order valence-corrected chi connectivity index (χ3v) is 2.81. The topological polar surface area (TPSA) is 43.8 Å². The van der Waals surface area contributed by atoms with Crippen LogP contribution in [0.5, 0.6) is 0 Å². The number of aromatic nitrogens is 2.